The summed E-state index contributed by atoms with van der Waals surface area (Å²) in [6.45, 7) is 3.77. The van der Waals surface area contributed by atoms with E-state index in [2.05, 4.69) is 0 Å². The number of hydrogen-bond donors (Lipinski definition) is 0. The van der Waals surface area contributed by atoms with Crippen molar-refractivity contribution in [1.29, 1.82) is 0 Å². The van der Waals surface area contributed by atoms with Crippen molar-refractivity contribution >= 4 is 22.6 Å². The second-order valence-electron chi connectivity index (χ2n) is 5.89. The van der Waals surface area contributed by atoms with E-state index in [0.29, 0.717) is 0 Å². The van der Waals surface area contributed by atoms with Gasteiger partial charge in [-0.25, -0.2) is 4.98 Å². The van der Waals surface area contributed by atoms with Gasteiger partial charge >= 0.3 is 0 Å². The summed E-state index contributed by atoms with van der Waals surface area (Å²) in [5.74, 6) is 0.966. The highest BCUT2D eigenvalue weighted by molar-refractivity contribution is 6.07. The van der Waals surface area contributed by atoms with E-state index in [1.165, 1.54) is 0 Å². The molecule has 1 aromatic carbocycles. The van der Waals surface area contributed by atoms with Crippen molar-refractivity contribution in [3.63, 3.8) is 0 Å². The maximum atomic E-state index is 12.8. The minimum Gasteiger partial charge on any atom is -0.363 e. The lowest BCUT2D eigenvalue weighted by Gasteiger charge is -2.19. The standard InChI is InChI=1S/C17H21N3O/c1-12-7-6-8-13-14(17(21)20-9-4-5-10-20)11-15(19(2)3)18-16(12)13/h6-8,11H,4-5,9-10H2,1-3H3. The Bertz CT molecular complexity index is 688. The Balaban J connectivity index is 2.19. The molecule has 4 nitrogen and oxygen atoms in total. The second-order valence-corrected chi connectivity index (χ2v) is 5.89. The number of amides is 1. The van der Waals surface area contributed by atoms with E-state index in [-0.39, 0.29) is 5.91 Å². The smallest absolute Gasteiger partial charge is 0.254 e. The number of carbonyl (C=O) groups is 1. The third-order valence-corrected chi connectivity index (χ3v) is 4.11. The third-order valence-electron chi connectivity index (χ3n) is 4.11. The zero-order valence-electron chi connectivity index (χ0n) is 12.9. The molecule has 1 aromatic heterocycles. The van der Waals surface area contributed by atoms with Gasteiger partial charge in [0.2, 0.25) is 0 Å². The van der Waals surface area contributed by atoms with Gasteiger partial charge in [-0.15, -0.1) is 0 Å². The van der Waals surface area contributed by atoms with Gasteiger partial charge in [-0.05, 0) is 31.4 Å². The van der Waals surface area contributed by atoms with Gasteiger partial charge in [0.25, 0.3) is 5.91 Å². The summed E-state index contributed by atoms with van der Waals surface area (Å²) < 4.78 is 0. The Morgan fingerprint density at radius 1 is 1.24 bits per heavy atom. The Hall–Kier alpha value is -2.10. The number of anilines is 1. The lowest BCUT2D eigenvalue weighted by atomic mass is 10.0. The van der Waals surface area contributed by atoms with Gasteiger partial charge in [-0.2, -0.15) is 0 Å². The van der Waals surface area contributed by atoms with Gasteiger partial charge < -0.3 is 9.80 Å². The SMILES string of the molecule is Cc1cccc2c(C(=O)N3CCCC3)cc(N(C)C)nc12. The largest absolute Gasteiger partial charge is 0.363 e. The number of fused-ring (bicyclic) bond motifs is 1. The summed E-state index contributed by atoms with van der Waals surface area (Å²) >= 11 is 0. The van der Waals surface area contributed by atoms with Crippen molar-refractivity contribution in [3.8, 4) is 0 Å². The van der Waals surface area contributed by atoms with E-state index < -0.39 is 0 Å². The highest BCUT2D eigenvalue weighted by Crippen LogP contribution is 2.26. The summed E-state index contributed by atoms with van der Waals surface area (Å²) in [7, 11) is 3.91. The fraction of sp³-hybridized carbons (Fsp3) is 0.412. The summed E-state index contributed by atoms with van der Waals surface area (Å²) in [6.07, 6.45) is 2.21. The first-order valence-electron chi connectivity index (χ1n) is 7.45. The number of aromatic nitrogens is 1. The van der Waals surface area contributed by atoms with Gasteiger partial charge in [-0.3, -0.25) is 4.79 Å². The number of rotatable bonds is 2. The fourth-order valence-corrected chi connectivity index (χ4v) is 2.87. The van der Waals surface area contributed by atoms with Gasteiger partial charge in [0, 0.05) is 32.6 Å². The molecular formula is C17H21N3O. The van der Waals surface area contributed by atoms with E-state index in [1.54, 1.807) is 0 Å². The third kappa shape index (κ3) is 2.46. The van der Waals surface area contributed by atoms with Crippen LogP contribution in [0.15, 0.2) is 24.3 Å². The first-order chi connectivity index (χ1) is 10.1. The van der Waals surface area contributed by atoms with Crippen LogP contribution >= 0.6 is 0 Å². The van der Waals surface area contributed by atoms with Crippen LogP contribution in [0, 0.1) is 6.92 Å². The van der Waals surface area contributed by atoms with Crippen LogP contribution in [0.1, 0.15) is 28.8 Å². The number of para-hydroxylation sites is 1. The molecule has 0 spiro atoms. The molecule has 4 heteroatoms. The van der Waals surface area contributed by atoms with Crippen molar-refractivity contribution in [2.24, 2.45) is 0 Å². The molecule has 0 saturated carbocycles. The van der Waals surface area contributed by atoms with Crippen molar-refractivity contribution in [3.05, 3.63) is 35.4 Å². The quantitative estimate of drug-likeness (QED) is 0.850. The van der Waals surface area contributed by atoms with E-state index in [9.17, 15) is 4.79 Å². The summed E-state index contributed by atoms with van der Waals surface area (Å²) in [5, 5.41) is 0.956. The molecule has 1 saturated heterocycles. The number of likely N-dealkylation sites (tertiary alicyclic amines) is 1. The second kappa shape index (κ2) is 5.35. The molecule has 2 aromatic rings. The van der Waals surface area contributed by atoms with E-state index in [1.807, 2.05) is 55.1 Å². The molecule has 0 radical (unpaired) electrons. The molecule has 3 rings (SSSR count). The number of pyridine rings is 1. The number of nitrogens with zero attached hydrogens (tertiary/aromatic N) is 3. The lowest BCUT2D eigenvalue weighted by molar-refractivity contribution is 0.0794. The lowest BCUT2D eigenvalue weighted by Crippen LogP contribution is -2.28. The molecule has 0 N–H and O–H groups in total. The highest BCUT2D eigenvalue weighted by Gasteiger charge is 2.22. The van der Waals surface area contributed by atoms with Crippen LogP contribution in [-0.4, -0.2) is 43.0 Å². The van der Waals surface area contributed by atoms with Crippen molar-refractivity contribution < 1.29 is 4.79 Å². The van der Waals surface area contributed by atoms with E-state index in [0.717, 1.165) is 53.8 Å². The predicted molar refractivity (Wildman–Crippen MR) is 85.9 cm³/mol. The first-order valence-corrected chi connectivity index (χ1v) is 7.45. The van der Waals surface area contributed by atoms with Crippen LogP contribution in [0.5, 0.6) is 0 Å². The van der Waals surface area contributed by atoms with Gasteiger partial charge in [0.05, 0.1) is 11.1 Å². The molecular weight excluding hydrogens is 262 g/mol. The zero-order chi connectivity index (χ0) is 15.0. The van der Waals surface area contributed by atoms with Crippen LogP contribution in [0.3, 0.4) is 0 Å². The average molecular weight is 283 g/mol. The molecule has 0 unspecified atom stereocenters. The maximum absolute atomic E-state index is 12.8. The Morgan fingerprint density at radius 2 is 1.95 bits per heavy atom. The molecule has 1 aliphatic heterocycles. The number of aryl methyl sites for hydroxylation is 1. The fourth-order valence-electron chi connectivity index (χ4n) is 2.87. The molecule has 1 aliphatic rings. The monoisotopic (exact) mass is 283 g/mol. The number of benzene rings is 1. The predicted octanol–water partition coefficient (Wildman–Crippen LogP) is 2.85. The summed E-state index contributed by atoms with van der Waals surface area (Å²) in [6, 6.07) is 7.95. The summed E-state index contributed by atoms with van der Waals surface area (Å²) in [5.41, 5.74) is 2.80. The van der Waals surface area contributed by atoms with Crippen molar-refractivity contribution in [2.75, 3.05) is 32.1 Å². The maximum Gasteiger partial charge on any atom is 0.254 e. The molecule has 110 valence electrons. The molecule has 2 heterocycles. The minimum atomic E-state index is 0.133. The van der Waals surface area contributed by atoms with Crippen LogP contribution in [0.25, 0.3) is 10.9 Å². The van der Waals surface area contributed by atoms with Gasteiger partial charge in [-0.1, -0.05) is 18.2 Å². The number of hydrogen-bond acceptors (Lipinski definition) is 3. The molecule has 0 aliphatic carbocycles. The van der Waals surface area contributed by atoms with Gasteiger partial charge in [0.15, 0.2) is 0 Å². The van der Waals surface area contributed by atoms with Crippen LogP contribution < -0.4 is 4.90 Å². The Labute approximate surface area is 125 Å². The van der Waals surface area contributed by atoms with Crippen LogP contribution in [0.4, 0.5) is 5.82 Å². The van der Waals surface area contributed by atoms with Crippen LogP contribution in [-0.2, 0) is 0 Å². The molecule has 1 fully saturated rings. The molecule has 21 heavy (non-hydrogen) atoms. The zero-order valence-corrected chi connectivity index (χ0v) is 12.9. The average Bonchev–Trinajstić information content (AvgIpc) is 3.00. The first kappa shape index (κ1) is 13.9. The van der Waals surface area contributed by atoms with E-state index in [4.69, 9.17) is 4.98 Å². The minimum absolute atomic E-state index is 0.133. The van der Waals surface area contributed by atoms with Crippen LogP contribution in [0.2, 0.25) is 0 Å². The molecule has 1 amide bonds. The number of carbonyl (C=O) groups excluding carboxylic acids is 1. The molecule has 0 atom stereocenters. The van der Waals surface area contributed by atoms with Crippen molar-refractivity contribution in [2.45, 2.75) is 19.8 Å². The van der Waals surface area contributed by atoms with E-state index >= 15 is 0 Å². The Morgan fingerprint density at radius 3 is 2.62 bits per heavy atom. The molecule has 0 bridgehead atoms. The van der Waals surface area contributed by atoms with Gasteiger partial charge in [0.1, 0.15) is 5.82 Å². The van der Waals surface area contributed by atoms with Crippen molar-refractivity contribution in [1.82, 2.24) is 9.88 Å². The Kier molecular flexibility index (Phi) is 3.53. The summed E-state index contributed by atoms with van der Waals surface area (Å²) in [4.78, 5) is 21.4. The topological polar surface area (TPSA) is 36.4 Å². The normalized spacial score (nSPS) is 14.7. The highest BCUT2D eigenvalue weighted by atomic mass is 16.2.